The maximum atomic E-state index is 13.2. The molecule has 0 aliphatic carbocycles. The highest BCUT2D eigenvalue weighted by Gasteiger charge is 2.23. The molecule has 1 aliphatic heterocycles. The summed E-state index contributed by atoms with van der Waals surface area (Å²) in [6.45, 7) is 4.81. The minimum absolute atomic E-state index is 0. The minimum Gasteiger partial charge on any atom is -0.352 e. The number of hydrogen-bond donors (Lipinski definition) is 2. The van der Waals surface area contributed by atoms with E-state index in [0.29, 0.717) is 18.5 Å². The predicted molar refractivity (Wildman–Crippen MR) is 116 cm³/mol. The van der Waals surface area contributed by atoms with Crippen molar-refractivity contribution < 1.29 is 4.39 Å². The predicted octanol–water partition coefficient (Wildman–Crippen LogP) is 3.58. The zero-order valence-electron chi connectivity index (χ0n) is 14.9. The van der Waals surface area contributed by atoms with Gasteiger partial charge in [-0.2, -0.15) is 0 Å². The summed E-state index contributed by atoms with van der Waals surface area (Å²) < 4.78 is 15.2. The number of imidazole rings is 1. The maximum absolute atomic E-state index is 13.2. The third-order valence-electron chi connectivity index (χ3n) is 4.76. The van der Waals surface area contributed by atoms with Crippen molar-refractivity contribution in [3.63, 3.8) is 0 Å². The van der Waals surface area contributed by atoms with Gasteiger partial charge in [-0.05, 0) is 43.1 Å². The normalized spacial score (nSPS) is 19.2. The summed E-state index contributed by atoms with van der Waals surface area (Å²) in [5.74, 6) is 1.07. The first-order chi connectivity index (χ1) is 12.2. The van der Waals surface area contributed by atoms with Crippen molar-refractivity contribution in [3.8, 4) is 0 Å². The maximum Gasteiger partial charge on any atom is 0.205 e. The van der Waals surface area contributed by atoms with Crippen molar-refractivity contribution in [2.75, 3.05) is 18.4 Å². The first kappa shape index (κ1) is 21.7. The SMILES string of the molecule is Br.Br.CC1CNCCC1Nc1nc2cncnc2n1Cc1ccc(F)cc1. The van der Waals surface area contributed by atoms with Crippen LogP contribution >= 0.6 is 34.0 Å². The van der Waals surface area contributed by atoms with E-state index in [0.717, 1.165) is 42.2 Å². The van der Waals surface area contributed by atoms with Crippen molar-refractivity contribution in [1.82, 2.24) is 24.8 Å². The van der Waals surface area contributed by atoms with Gasteiger partial charge in [0.1, 0.15) is 17.7 Å². The van der Waals surface area contributed by atoms with Gasteiger partial charge in [-0.1, -0.05) is 19.1 Å². The van der Waals surface area contributed by atoms with Gasteiger partial charge in [0.15, 0.2) is 5.65 Å². The smallest absolute Gasteiger partial charge is 0.205 e. The van der Waals surface area contributed by atoms with Crippen LogP contribution in [0.3, 0.4) is 0 Å². The lowest BCUT2D eigenvalue weighted by atomic mass is 9.95. The van der Waals surface area contributed by atoms with Crippen molar-refractivity contribution in [2.45, 2.75) is 25.9 Å². The number of piperidine rings is 1. The Bertz CT molecular complexity index is 870. The number of aromatic nitrogens is 4. The minimum atomic E-state index is -0.233. The Labute approximate surface area is 178 Å². The van der Waals surface area contributed by atoms with Gasteiger partial charge >= 0.3 is 0 Å². The summed E-state index contributed by atoms with van der Waals surface area (Å²) in [4.78, 5) is 13.2. The molecule has 0 bridgehead atoms. The number of fused-ring (bicyclic) bond motifs is 1. The molecule has 0 radical (unpaired) electrons. The Balaban J connectivity index is 0.00000131. The van der Waals surface area contributed by atoms with Gasteiger partial charge < -0.3 is 10.6 Å². The molecule has 6 nitrogen and oxygen atoms in total. The lowest BCUT2D eigenvalue weighted by Gasteiger charge is -2.30. The van der Waals surface area contributed by atoms with E-state index in [4.69, 9.17) is 0 Å². The fourth-order valence-corrected chi connectivity index (χ4v) is 3.30. The van der Waals surface area contributed by atoms with Crippen LogP contribution in [0, 0.1) is 11.7 Å². The molecule has 1 fully saturated rings. The fraction of sp³-hybridized carbons (Fsp3) is 0.389. The zero-order valence-corrected chi connectivity index (χ0v) is 18.4. The summed E-state index contributed by atoms with van der Waals surface area (Å²) in [5.41, 5.74) is 2.54. The first-order valence-corrected chi connectivity index (χ1v) is 8.58. The van der Waals surface area contributed by atoms with Gasteiger partial charge in [0, 0.05) is 6.04 Å². The Morgan fingerprint density at radius 1 is 1.26 bits per heavy atom. The van der Waals surface area contributed by atoms with E-state index in [1.165, 1.54) is 18.5 Å². The standard InChI is InChI=1S/C18H21FN6.2BrH/c1-12-8-20-7-6-15(12)23-18-24-16-9-21-11-22-17(16)25(18)10-13-2-4-14(19)5-3-13;;/h2-5,9,11-12,15,20H,6-8,10H2,1H3,(H,23,24);2*1H. The van der Waals surface area contributed by atoms with Gasteiger partial charge in [-0.3, -0.25) is 4.57 Å². The number of rotatable bonds is 4. The molecule has 0 saturated carbocycles. The largest absolute Gasteiger partial charge is 0.352 e. The Morgan fingerprint density at radius 2 is 2.04 bits per heavy atom. The van der Waals surface area contributed by atoms with Crippen LogP contribution in [0.4, 0.5) is 10.3 Å². The molecule has 2 N–H and O–H groups in total. The van der Waals surface area contributed by atoms with Crippen LogP contribution in [0.5, 0.6) is 0 Å². The molecule has 146 valence electrons. The molecule has 1 saturated heterocycles. The quantitative estimate of drug-likeness (QED) is 0.572. The topological polar surface area (TPSA) is 67.7 Å². The van der Waals surface area contributed by atoms with Crippen LogP contribution < -0.4 is 10.6 Å². The Kier molecular flexibility index (Phi) is 7.69. The van der Waals surface area contributed by atoms with Crippen molar-refractivity contribution in [1.29, 1.82) is 0 Å². The molecule has 2 atom stereocenters. The van der Waals surface area contributed by atoms with Gasteiger partial charge in [-0.25, -0.2) is 19.3 Å². The zero-order chi connectivity index (χ0) is 17.2. The summed E-state index contributed by atoms with van der Waals surface area (Å²) in [5, 5.41) is 7.00. The van der Waals surface area contributed by atoms with E-state index in [1.54, 1.807) is 18.3 Å². The highest BCUT2D eigenvalue weighted by Crippen LogP contribution is 2.22. The average molecular weight is 502 g/mol. The second-order valence-corrected chi connectivity index (χ2v) is 6.60. The van der Waals surface area contributed by atoms with E-state index in [9.17, 15) is 4.39 Å². The number of halogens is 3. The number of hydrogen-bond acceptors (Lipinski definition) is 5. The summed E-state index contributed by atoms with van der Waals surface area (Å²) in [6, 6.07) is 6.90. The molecule has 1 aliphatic rings. The van der Waals surface area contributed by atoms with E-state index in [-0.39, 0.29) is 39.8 Å². The molecule has 2 aromatic heterocycles. The van der Waals surface area contributed by atoms with E-state index in [1.807, 2.05) is 4.57 Å². The number of anilines is 1. The van der Waals surface area contributed by atoms with Crippen LogP contribution in [-0.4, -0.2) is 38.7 Å². The molecule has 4 rings (SSSR count). The number of benzene rings is 1. The van der Waals surface area contributed by atoms with Gasteiger partial charge in [0.2, 0.25) is 5.95 Å². The Hall–Kier alpha value is -1.58. The highest BCUT2D eigenvalue weighted by molar-refractivity contribution is 8.93. The van der Waals surface area contributed by atoms with Crippen molar-refractivity contribution >= 4 is 51.1 Å². The molecule has 1 aromatic carbocycles. The van der Waals surface area contributed by atoms with Crippen LogP contribution in [-0.2, 0) is 6.54 Å². The average Bonchev–Trinajstić information content (AvgIpc) is 2.96. The molecule has 9 heteroatoms. The van der Waals surface area contributed by atoms with Gasteiger partial charge in [0.25, 0.3) is 0 Å². The van der Waals surface area contributed by atoms with E-state index < -0.39 is 0 Å². The fourth-order valence-electron chi connectivity index (χ4n) is 3.30. The lowest BCUT2D eigenvalue weighted by Crippen LogP contribution is -2.42. The van der Waals surface area contributed by atoms with Crippen LogP contribution in [0.1, 0.15) is 18.9 Å². The van der Waals surface area contributed by atoms with Crippen LogP contribution in [0.25, 0.3) is 11.2 Å². The van der Waals surface area contributed by atoms with Gasteiger partial charge in [-0.15, -0.1) is 34.0 Å². The number of nitrogens with one attached hydrogen (secondary N) is 2. The van der Waals surface area contributed by atoms with Crippen molar-refractivity contribution in [3.05, 3.63) is 48.2 Å². The van der Waals surface area contributed by atoms with E-state index >= 15 is 0 Å². The Morgan fingerprint density at radius 3 is 2.78 bits per heavy atom. The van der Waals surface area contributed by atoms with E-state index in [2.05, 4.69) is 32.5 Å². The highest BCUT2D eigenvalue weighted by atomic mass is 79.9. The van der Waals surface area contributed by atoms with Crippen LogP contribution in [0.2, 0.25) is 0 Å². The summed E-state index contributed by atoms with van der Waals surface area (Å²) in [6.07, 6.45) is 4.30. The molecule has 3 aromatic rings. The molecule has 2 unspecified atom stereocenters. The second-order valence-electron chi connectivity index (χ2n) is 6.60. The molecule has 27 heavy (non-hydrogen) atoms. The summed E-state index contributed by atoms with van der Waals surface area (Å²) in [7, 11) is 0. The molecular formula is C18H23Br2FN6. The van der Waals surface area contributed by atoms with Crippen LogP contribution in [0.15, 0.2) is 36.8 Å². The third-order valence-corrected chi connectivity index (χ3v) is 4.76. The van der Waals surface area contributed by atoms with Crippen molar-refractivity contribution in [2.24, 2.45) is 5.92 Å². The lowest BCUT2D eigenvalue weighted by molar-refractivity contribution is 0.366. The first-order valence-electron chi connectivity index (χ1n) is 8.58. The monoisotopic (exact) mass is 500 g/mol. The molecule has 0 spiro atoms. The van der Waals surface area contributed by atoms with Gasteiger partial charge in [0.05, 0.1) is 12.7 Å². The molecule has 0 amide bonds. The summed E-state index contributed by atoms with van der Waals surface area (Å²) >= 11 is 0. The molecule has 3 heterocycles. The number of nitrogens with zero attached hydrogens (tertiary/aromatic N) is 4. The third kappa shape index (κ3) is 4.83. The molecular weight excluding hydrogens is 479 g/mol. The second kappa shape index (κ2) is 9.57.